The number of thioether (sulfide) groups is 4. The maximum Gasteiger partial charge on any atom is 0.0510 e. The minimum absolute atomic E-state index is 0.963. The van der Waals surface area contributed by atoms with E-state index in [2.05, 4.69) is 92.1 Å². The molecule has 0 atom stereocenters. The molecule has 0 radical (unpaired) electrons. The Balaban J connectivity index is 2.31. The van der Waals surface area contributed by atoms with Gasteiger partial charge in [0.1, 0.15) is 0 Å². The summed E-state index contributed by atoms with van der Waals surface area (Å²) in [5.41, 5.74) is 2.71. The minimum atomic E-state index is 0.963. The van der Waals surface area contributed by atoms with E-state index >= 15 is 0 Å². The fourth-order valence-electron chi connectivity index (χ4n) is 2.46. The first-order valence-corrected chi connectivity index (χ1v) is 12.8. The Kier molecular flexibility index (Phi) is 10.4. The van der Waals surface area contributed by atoms with Crippen molar-refractivity contribution in [2.75, 3.05) is 12.5 Å². The largest absolute Gasteiger partial charge is 0.133 e. The van der Waals surface area contributed by atoms with Crippen LogP contribution in [0.25, 0.3) is 0 Å². The quantitative estimate of drug-likeness (QED) is 0.372. The van der Waals surface area contributed by atoms with Gasteiger partial charge in [-0.2, -0.15) is 0 Å². The van der Waals surface area contributed by atoms with E-state index in [0.29, 0.717) is 0 Å². The molecule has 0 fully saturated rings. The van der Waals surface area contributed by atoms with Crippen LogP contribution in [-0.4, -0.2) is 12.5 Å². The molecule has 0 saturated carbocycles. The van der Waals surface area contributed by atoms with Crippen molar-refractivity contribution in [1.82, 2.24) is 0 Å². The molecule has 0 aliphatic heterocycles. The van der Waals surface area contributed by atoms with E-state index in [1.165, 1.54) is 25.2 Å². The lowest BCUT2D eigenvalue weighted by Gasteiger charge is -2.14. The molecule has 0 bridgehead atoms. The van der Waals surface area contributed by atoms with E-state index in [0.717, 1.165) is 17.7 Å². The molecule has 0 amide bonds. The summed E-state index contributed by atoms with van der Waals surface area (Å²) in [4.78, 5) is 3.98. The van der Waals surface area contributed by atoms with Gasteiger partial charge in [0.15, 0.2) is 0 Å². The summed E-state index contributed by atoms with van der Waals surface area (Å²) in [6, 6.07) is 21.5. The summed E-state index contributed by atoms with van der Waals surface area (Å²) in [7, 11) is 0. The van der Waals surface area contributed by atoms with E-state index in [1.807, 2.05) is 23.5 Å². The maximum atomic E-state index is 4.03. The van der Waals surface area contributed by atoms with Crippen LogP contribution in [-0.2, 0) is 12.8 Å². The highest BCUT2D eigenvalue weighted by molar-refractivity contribution is 8.24. The monoisotopic (exact) mass is 430 g/mol. The van der Waals surface area contributed by atoms with Crippen molar-refractivity contribution in [3.05, 3.63) is 103 Å². The van der Waals surface area contributed by atoms with Crippen LogP contribution in [0.4, 0.5) is 0 Å². The second kappa shape index (κ2) is 12.5. The molecule has 2 rings (SSSR count). The van der Waals surface area contributed by atoms with Gasteiger partial charge in [0.25, 0.3) is 0 Å². The Morgan fingerprint density at radius 2 is 1.33 bits per heavy atom. The van der Waals surface area contributed by atoms with E-state index in [1.54, 1.807) is 23.5 Å². The van der Waals surface area contributed by atoms with Gasteiger partial charge in [-0.25, -0.2) is 0 Å². The van der Waals surface area contributed by atoms with Crippen molar-refractivity contribution in [2.45, 2.75) is 19.8 Å². The van der Waals surface area contributed by atoms with Crippen LogP contribution in [0.5, 0.6) is 0 Å². The molecule has 0 nitrogen and oxygen atoms in total. The first-order valence-electron chi connectivity index (χ1n) is 8.70. The number of rotatable bonds is 10. The fraction of sp³-hybridized carbons (Fsp3) is 0.217. The third-order valence-corrected chi connectivity index (χ3v) is 8.02. The van der Waals surface area contributed by atoms with Crippen molar-refractivity contribution >= 4 is 47.0 Å². The highest BCUT2D eigenvalue weighted by Crippen LogP contribution is 2.38. The maximum absolute atomic E-state index is 4.03. The molecular formula is C23H26S4. The van der Waals surface area contributed by atoms with Crippen molar-refractivity contribution in [3.8, 4) is 0 Å². The standard InChI is InChI=1S/C23H26S4/c1-18(2)27-23(25-4)17-26-22(16-20-13-9-6-10-14-20)21(24-3)15-19-11-7-5-8-12-19/h5-14,17H,1,15-16H2,2-4H3/b22-21-,23-17+. The molecule has 2 aromatic rings. The lowest BCUT2D eigenvalue weighted by Crippen LogP contribution is -1.95. The summed E-state index contributed by atoms with van der Waals surface area (Å²) in [5, 5.41) is 2.28. The zero-order valence-corrected chi connectivity index (χ0v) is 19.4. The number of hydrogen-bond acceptors (Lipinski definition) is 4. The second-order valence-corrected chi connectivity index (χ2v) is 10.3. The molecule has 0 aliphatic carbocycles. The van der Waals surface area contributed by atoms with Gasteiger partial charge in [-0.3, -0.25) is 0 Å². The predicted molar refractivity (Wildman–Crippen MR) is 132 cm³/mol. The molecule has 0 spiro atoms. The van der Waals surface area contributed by atoms with Gasteiger partial charge < -0.3 is 0 Å². The highest BCUT2D eigenvalue weighted by atomic mass is 32.2. The molecule has 2 aromatic carbocycles. The summed E-state index contributed by atoms with van der Waals surface area (Å²) >= 11 is 7.25. The third-order valence-electron chi connectivity index (χ3n) is 3.75. The van der Waals surface area contributed by atoms with Crippen molar-refractivity contribution in [3.63, 3.8) is 0 Å². The van der Waals surface area contributed by atoms with Crippen molar-refractivity contribution in [2.24, 2.45) is 0 Å². The minimum Gasteiger partial charge on any atom is -0.133 e. The average molecular weight is 431 g/mol. The van der Waals surface area contributed by atoms with Gasteiger partial charge in [-0.15, -0.1) is 23.5 Å². The topological polar surface area (TPSA) is 0 Å². The predicted octanol–water partition coefficient (Wildman–Crippen LogP) is 8.21. The molecule has 0 aromatic heterocycles. The van der Waals surface area contributed by atoms with Crippen LogP contribution in [0, 0.1) is 0 Å². The summed E-state index contributed by atoms with van der Waals surface area (Å²) in [5.74, 6) is 0. The third kappa shape index (κ3) is 8.30. The Hall–Kier alpha value is -0.940. The second-order valence-electron chi connectivity index (χ2n) is 5.94. The molecule has 27 heavy (non-hydrogen) atoms. The molecule has 0 aliphatic rings. The molecule has 0 heterocycles. The van der Waals surface area contributed by atoms with Gasteiger partial charge in [-0.05, 0) is 45.8 Å². The Bertz CT molecular complexity index is 777. The normalized spacial score (nSPS) is 12.6. The van der Waals surface area contributed by atoms with Gasteiger partial charge in [0, 0.05) is 17.7 Å². The summed E-state index contributed by atoms with van der Waals surface area (Å²) < 4.78 is 1.29. The number of benzene rings is 2. The number of allylic oxidation sites excluding steroid dienone is 3. The van der Waals surface area contributed by atoms with Crippen LogP contribution in [0.3, 0.4) is 0 Å². The van der Waals surface area contributed by atoms with E-state index < -0.39 is 0 Å². The van der Waals surface area contributed by atoms with Gasteiger partial charge in [-0.1, -0.05) is 90.8 Å². The molecular weight excluding hydrogens is 405 g/mol. The van der Waals surface area contributed by atoms with Crippen LogP contribution in [0.2, 0.25) is 0 Å². The summed E-state index contributed by atoms with van der Waals surface area (Å²) in [6.07, 6.45) is 6.26. The van der Waals surface area contributed by atoms with E-state index in [9.17, 15) is 0 Å². The van der Waals surface area contributed by atoms with Crippen molar-refractivity contribution in [1.29, 1.82) is 0 Å². The highest BCUT2D eigenvalue weighted by Gasteiger charge is 2.10. The van der Waals surface area contributed by atoms with Gasteiger partial charge in [0.05, 0.1) is 4.24 Å². The Morgan fingerprint density at radius 1 is 0.815 bits per heavy atom. The molecule has 0 saturated heterocycles. The van der Waals surface area contributed by atoms with E-state index in [4.69, 9.17) is 0 Å². The van der Waals surface area contributed by atoms with Crippen LogP contribution in [0.1, 0.15) is 18.1 Å². The lowest BCUT2D eigenvalue weighted by molar-refractivity contribution is 1.17. The Morgan fingerprint density at radius 3 is 1.78 bits per heavy atom. The zero-order valence-electron chi connectivity index (χ0n) is 16.1. The first-order chi connectivity index (χ1) is 13.1. The molecule has 4 heteroatoms. The van der Waals surface area contributed by atoms with Gasteiger partial charge in [0.2, 0.25) is 0 Å². The van der Waals surface area contributed by atoms with Gasteiger partial charge >= 0.3 is 0 Å². The van der Waals surface area contributed by atoms with Crippen LogP contribution < -0.4 is 0 Å². The molecule has 0 N–H and O–H groups in total. The zero-order chi connectivity index (χ0) is 19.5. The van der Waals surface area contributed by atoms with Crippen molar-refractivity contribution < 1.29 is 0 Å². The lowest BCUT2D eigenvalue weighted by atomic mass is 10.1. The van der Waals surface area contributed by atoms with E-state index in [-0.39, 0.29) is 0 Å². The SMILES string of the molecule is C=C(C)S/C(=C/S/C(Cc1ccccc1)=C(/Cc1ccccc1)SC)SC. The number of hydrogen-bond donors (Lipinski definition) is 0. The Labute approximate surface area is 181 Å². The molecule has 0 unspecified atom stereocenters. The smallest absolute Gasteiger partial charge is 0.0510 e. The fourth-order valence-corrected chi connectivity index (χ4v) is 6.12. The first kappa shape index (κ1) is 22.4. The van der Waals surface area contributed by atoms with Crippen LogP contribution >= 0.6 is 47.0 Å². The van der Waals surface area contributed by atoms with Crippen LogP contribution in [0.15, 0.2) is 91.6 Å². The summed E-state index contributed by atoms with van der Waals surface area (Å²) in [6.45, 7) is 6.09. The molecule has 142 valence electrons. The average Bonchev–Trinajstić information content (AvgIpc) is 2.69.